The molecule has 1 aromatic carbocycles. The van der Waals surface area contributed by atoms with Crippen LogP contribution in [0.25, 0.3) is 10.9 Å². The van der Waals surface area contributed by atoms with Crippen molar-refractivity contribution >= 4 is 10.9 Å². The molecule has 8 heteroatoms. The lowest BCUT2D eigenvalue weighted by Crippen LogP contribution is -3.08. The van der Waals surface area contributed by atoms with Gasteiger partial charge in [0, 0.05) is 5.52 Å². The number of aromatic nitrogens is 5. The van der Waals surface area contributed by atoms with Crippen LogP contribution in [0, 0.1) is 0 Å². The Morgan fingerprint density at radius 1 is 1.13 bits per heavy atom. The van der Waals surface area contributed by atoms with Gasteiger partial charge in [-0.15, -0.1) is 5.10 Å². The Hall–Kier alpha value is -3.26. The minimum atomic E-state index is -0.231. The summed E-state index contributed by atoms with van der Waals surface area (Å²) in [6.07, 6.45) is 2.62. The van der Waals surface area contributed by atoms with Crippen LogP contribution in [0.3, 0.4) is 0 Å². The van der Waals surface area contributed by atoms with Crippen molar-refractivity contribution in [2.75, 3.05) is 0 Å². The molecule has 31 heavy (non-hydrogen) atoms. The molecule has 0 aliphatic heterocycles. The summed E-state index contributed by atoms with van der Waals surface area (Å²) in [7, 11) is 0. The van der Waals surface area contributed by atoms with E-state index in [4.69, 9.17) is 4.42 Å². The fourth-order valence-corrected chi connectivity index (χ4v) is 3.83. The average Bonchev–Trinajstić information content (AvgIpc) is 3.40. The van der Waals surface area contributed by atoms with E-state index in [1.165, 1.54) is 5.56 Å². The molecule has 4 rings (SSSR count). The molecule has 1 unspecified atom stereocenters. The Kier molecular flexibility index (Phi) is 5.73. The van der Waals surface area contributed by atoms with Gasteiger partial charge in [-0.05, 0) is 78.9 Å². The number of nitrogens with one attached hydrogen (secondary N) is 2. The van der Waals surface area contributed by atoms with Crippen molar-refractivity contribution in [1.82, 2.24) is 25.2 Å². The van der Waals surface area contributed by atoms with Crippen molar-refractivity contribution < 1.29 is 9.32 Å². The van der Waals surface area contributed by atoms with E-state index < -0.39 is 0 Å². The van der Waals surface area contributed by atoms with Crippen molar-refractivity contribution in [3.63, 3.8) is 0 Å². The molecule has 3 aromatic heterocycles. The maximum Gasteiger partial charge on any atom is 0.257 e. The van der Waals surface area contributed by atoms with Crippen LogP contribution in [0.5, 0.6) is 0 Å². The monoisotopic (exact) mass is 421 g/mol. The van der Waals surface area contributed by atoms with Crippen LogP contribution >= 0.6 is 0 Å². The zero-order valence-electron chi connectivity index (χ0n) is 18.5. The van der Waals surface area contributed by atoms with E-state index in [1.54, 1.807) is 6.26 Å². The predicted molar refractivity (Wildman–Crippen MR) is 118 cm³/mol. The zero-order valence-corrected chi connectivity index (χ0v) is 18.5. The van der Waals surface area contributed by atoms with Crippen molar-refractivity contribution in [3.8, 4) is 0 Å². The van der Waals surface area contributed by atoms with Crippen LogP contribution < -0.4 is 10.5 Å². The van der Waals surface area contributed by atoms with Gasteiger partial charge in [0.2, 0.25) is 5.82 Å². The van der Waals surface area contributed by atoms with E-state index in [0.717, 1.165) is 39.4 Å². The number of furan rings is 1. The highest BCUT2D eigenvalue weighted by Crippen LogP contribution is 2.15. The van der Waals surface area contributed by atoms with Crippen molar-refractivity contribution in [1.29, 1.82) is 0 Å². The highest BCUT2D eigenvalue weighted by molar-refractivity contribution is 5.79. The standard InChI is InChI=1S/C23H28N6O2/c1-5-16-8-9-20-17(11-16)12-18(22(30)24-20)13-28(14-19-7-6-10-31-19)15-21-25-26-27-29(21)23(2,3)4/h6-12H,5,13-15H2,1-4H3,(H,24,30)/p+1. The van der Waals surface area contributed by atoms with Gasteiger partial charge in [0.05, 0.1) is 17.4 Å². The summed E-state index contributed by atoms with van der Waals surface area (Å²) < 4.78 is 7.42. The highest BCUT2D eigenvalue weighted by Gasteiger charge is 2.24. The fourth-order valence-electron chi connectivity index (χ4n) is 3.83. The Bertz CT molecular complexity index is 1220. The molecule has 1 atom stereocenters. The topological polar surface area (TPSA) is 94.0 Å². The molecule has 0 saturated heterocycles. The second kappa shape index (κ2) is 8.47. The molecule has 0 spiro atoms. The first-order valence-corrected chi connectivity index (χ1v) is 10.6. The SMILES string of the molecule is CCc1ccc2[nH]c(=O)c(C[NH+](Cc3ccco3)Cc3nnnn3C(C)(C)C)cc2c1. The molecule has 3 heterocycles. The lowest BCUT2D eigenvalue weighted by molar-refractivity contribution is -0.942. The first kappa shape index (κ1) is 21.0. The number of quaternary nitrogens is 1. The van der Waals surface area contributed by atoms with Crippen LogP contribution in [0.4, 0.5) is 0 Å². The number of rotatable bonds is 7. The molecule has 0 fully saturated rings. The summed E-state index contributed by atoms with van der Waals surface area (Å²) in [6, 6.07) is 12.0. The van der Waals surface area contributed by atoms with Gasteiger partial charge >= 0.3 is 0 Å². The lowest BCUT2D eigenvalue weighted by atomic mass is 10.1. The Labute approximate surface area is 180 Å². The molecule has 0 aliphatic carbocycles. The molecule has 0 saturated carbocycles. The molecule has 0 aliphatic rings. The van der Waals surface area contributed by atoms with E-state index in [-0.39, 0.29) is 11.1 Å². The number of aromatic amines is 1. The second-order valence-electron chi connectivity index (χ2n) is 8.94. The quantitative estimate of drug-likeness (QED) is 0.477. The van der Waals surface area contributed by atoms with Crippen molar-refractivity contribution in [3.05, 3.63) is 75.7 Å². The highest BCUT2D eigenvalue weighted by atomic mass is 16.3. The molecular formula is C23H29N6O2+. The fraction of sp³-hybridized carbons (Fsp3) is 0.391. The average molecular weight is 422 g/mol. The number of nitrogens with zero attached hydrogens (tertiary/aromatic N) is 4. The molecular weight excluding hydrogens is 392 g/mol. The van der Waals surface area contributed by atoms with Gasteiger partial charge in [0.25, 0.3) is 5.56 Å². The van der Waals surface area contributed by atoms with Gasteiger partial charge in [0.15, 0.2) is 5.76 Å². The molecule has 8 nitrogen and oxygen atoms in total. The van der Waals surface area contributed by atoms with E-state index >= 15 is 0 Å². The van der Waals surface area contributed by atoms with E-state index in [1.807, 2.05) is 28.9 Å². The third-order valence-corrected chi connectivity index (χ3v) is 5.42. The number of tetrazole rings is 1. The predicted octanol–water partition coefficient (Wildman–Crippen LogP) is 2.21. The minimum absolute atomic E-state index is 0.0656. The first-order valence-electron chi connectivity index (χ1n) is 10.6. The molecule has 0 radical (unpaired) electrons. The summed E-state index contributed by atoms with van der Waals surface area (Å²) in [4.78, 5) is 17.0. The summed E-state index contributed by atoms with van der Waals surface area (Å²) in [5.41, 5.74) is 2.54. The van der Waals surface area contributed by atoms with Gasteiger partial charge in [-0.1, -0.05) is 13.0 Å². The van der Waals surface area contributed by atoms with Crippen molar-refractivity contribution in [2.24, 2.45) is 0 Å². The molecule has 2 N–H and O–H groups in total. The minimum Gasteiger partial charge on any atom is -0.463 e. The third-order valence-electron chi connectivity index (χ3n) is 5.42. The van der Waals surface area contributed by atoms with Gasteiger partial charge in [-0.25, -0.2) is 4.68 Å². The molecule has 162 valence electrons. The van der Waals surface area contributed by atoms with Gasteiger partial charge in [0.1, 0.15) is 19.6 Å². The summed E-state index contributed by atoms with van der Waals surface area (Å²) in [5.74, 6) is 1.63. The summed E-state index contributed by atoms with van der Waals surface area (Å²) >= 11 is 0. The Morgan fingerprint density at radius 3 is 2.68 bits per heavy atom. The van der Waals surface area contributed by atoms with Gasteiger partial charge < -0.3 is 14.3 Å². The maximum absolute atomic E-state index is 12.8. The number of benzene rings is 1. The number of pyridine rings is 1. The molecule has 0 amide bonds. The number of H-pyrrole nitrogens is 1. The lowest BCUT2D eigenvalue weighted by Gasteiger charge is -2.22. The first-order chi connectivity index (χ1) is 14.8. The maximum atomic E-state index is 12.8. The van der Waals surface area contributed by atoms with E-state index in [0.29, 0.717) is 19.6 Å². The smallest absolute Gasteiger partial charge is 0.257 e. The van der Waals surface area contributed by atoms with Gasteiger partial charge in [-0.3, -0.25) is 4.79 Å². The number of hydrogen-bond acceptors (Lipinski definition) is 5. The van der Waals surface area contributed by atoms with Crippen LogP contribution in [-0.4, -0.2) is 25.2 Å². The Morgan fingerprint density at radius 2 is 1.97 bits per heavy atom. The van der Waals surface area contributed by atoms with Crippen LogP contribution in [0.2, 0.25) is 0 Å². The number of fused-ring (bicyclic) bond motifs is 1. The van der Waals surface area contributed by atoms with Crippen LogP contribution in [0.1, 0.15) is 50.4 Å². The van der Waals surface area contributed by atoms with Gasteiger partial charge in [-0.2, -0.15) is 0 Å². The normalized spacial score (nSPS) is 13.0. The molecule has 0 bridgehead atoms. The number of aryl methyl sites for hydroxylation is 1. The molecule has 4 aromatic rings. The van der Waals surface area contributed by atoms with E-state index in [2.05, 4.69) is 60.3 Å². The van der Waals surface area contributed by atoms with Crippen LogP contribution in [-0.2, 0) is 31.6 Å². The largest absolute Gasteiger partial charge is 0.463 e. The Balaban J connectivity index is 1.67. The second-order valence-corrected chi connectivity index (χ2v) is 8.94. The third kappa shape index (κ3) is 4.74. The van der Waals surface area contributed by atoms with E-state index in [9.17, 15) is 4.79 Å². The zero-order chi connectivity index (χ0) is 22.0. The number of hydrogen-bond donors (Lipinski definition) is 2. The summed E-state index contributed by atoms with van der Waals surface area (Å²) in [5, 5.41) is 13.4. The van der Waals surface area contributed by atoms with Crippen LogP contribution in [0.15, 0.2) is 51.9 Å². The summed E-state index contributed by atoms with van der Waals surface area (Å²) in [6.45, 7) is 10.0. The van der Waals surface area contributed by atoms with Crippen molar-refractivity contribution in [2.45, 2.75) is 59.3 Å².